The van der Waals surface area contributed by atoms with Crippen LogP contribution in [-0.4, -0.2) is 48.5 Å². The van der Waals surface area contributed by atoms with Gasteiger partial charge in [0, 0.05) is 19.6 Å². The van der Waals surface area contributed by atoms with Gasteiger partial charge in [-0.25, -0.2) is 13.6 Å². The molecule has 0 spiro atoms. The third-order valence-electron chi connectivity index (χ3n) is 7.65. The predicted octanol–water partition coefficient (Wildman–Crippen LogP) is 8.01. The predicted molar refractivity (Wildman–Crippen MR) is 150 cm³/mol. The molecular weight excluding hydrogens is 537 g/mol. The molecule has 1 saturated heterocycles. The average Bonchev–Trinajstić information content (AvgIpc) is 3.10. The van der Waals surface area contributed by atoms with Gasteiger partial charge in [-0.1, -0.05) is 54.1 Å². The fraction of sp³-hybridized carbons (Fsp3) is 0.303. The minimum atomic E-state index is -4.54. The van der Waals surface area contributed by atoms with Crippen LogP contribution < -0.4 is 0 Å². The summed E-state index contributed by atoms with van der Waals surface area (Å²) >= 11 is 0. The van der Waals surface area contributed by atoms with E-state index in [0.29, 0.717) is 49.1 Å². The van der Waals surface area contributed by atoms with E-state index in [1.165, 1.54) is 18.2 Å². The second-order valence-corrected chi connectivity index (χ2v) is 10.8. The lowest BCUT2D eigenvalue weighted by Gasteiger charge is -2.34. The van der Waals surface area contributed by atoms with Crippen molar-refractivity contribution in [3.63, 3.8) is 0 Å². The van der Waals surface area contributed by atoms with Crippen LogP contribution in [0.15, 0.2) is 66.2 Å². The Labute approximate surface area is 235 Å². The van der Waals surface area contributed by atoms with E-state index in [9.17, 15) is 31.9 Å². The number of fused-ring (bicyclic) bond motifs is 1. The number of rotatable bonds is 7. The number of nitrogens with zero attached hydrogens (tertiary/aromatic N) is 1. The molecule has 214 valence electrons. The molecule has 1 fully saturated rings. The number of allylic oxidation sites excluding steroid dienone is 1. The topological polar surface area (TPSA) is 40.5 Å². The standard InChI is InChI=1S/C33H30F5NO2/c1-20-5-11-28(30(13-20)33(36,37)38)29-4-2-3-24-15-25(32(40)41)10-12-27(24)31(29)23-8-6-21(7-9-23)14-22-17-39(18-22)19-26(35)16-34/h5-15,26H,2-4,16-19H2,1H3,(H,40,41). The molecule has 3 nitrogen and oxygen atoms in total. The quantitative estimate of drug-likeness (QED) is 0.294. The molecule has 3 aromatic rings. The Bertz CT molecular complexity index is 1510. The number of carboxylic acids is 1. The normalized spacial score (nSPS) is 16.6. The van der Waals surface area contributed by atoms with Crippen molar-refractivity contribution in [2.75, 3.05) is 26.3 Å². The molecule has 3 aromatic carbocycles. The lowest BCUT2D eigenvalue weighted by Crippen LogP contribution is -2.43. The summed E-state index contributed by atoms with van der Waals surface area (Å²) in [4.78, 5) is 13.5. The van der Waals surface area contributed by atoms with E-state index in [0.717, 1.165) is 27.8 Å². The minimum Gasteiger partial charge on any atom is -0.478 e. The van der Waals surface area contributed by atoms with Crippen molar-refractivity contribution in [1.82, 2.24) is 4.90 Å². The average molecular weight is 568 g/mol. The first-order valence-corrected chi connectivity index (χ1v) is 13.5. The van der Waals surface area contributed by atoms with E-state index < -0.39 is 30.6 Å². The number of halogens is 5. The first-order valence-electron chi connectivity index (χ1n) is 13.5. The number of carbonyl (C=O) groups is 1. The van der Waals surface area contributed by atoms with Crippen LogP contribution in [0, 0.1) is 6.92 Å². The van der Waals surface area contributed by atoms with Crippen molar-refractivity contribution in [3.05, 3.63) is 111 Å². The van der Waals surface area contributed by atoms with Crippen molar-refractivity contribution in [2.45, 2.75) is 38.5 Å². The zero-order valence-corrected chi connectivity index (χ0v) is 22.6. The van der Waals surface area contributed by atoms with Crippen molar-refractivity contribution >= 4 is 23.2 Å². The number of aromatic carboxylic acids is 1. The van der Waals surface area contributed by atoms with Gasteiger partial charge in [-0.05, 0) is 88.9 Å². The zero-order valence-electron chi connectivity index (χ0n) is 22.6. The smallest absolute Gasteiger partial charge is 0.417 e. The first kappa shape index (κ1) is 28.7. The van der Waals surface area contributed by atoms with E-state index in [4.69, 9.17) is 0 Å². The second-order valence-electron chi connectivity index (χ2n) is 10.8. The molecule has 41 heavy (non-hydrogen) atoms. The van der Waals surface area contributed by atoms with Crippen LogP contribution in [0.1, 0.15) is 62.1 Å². The number of aryl methyl sites for hydroxylation is 2. The number of benzene rings is 3. The van der Waals surface area contributed by atoms with Gasteiger partial charge in [-0.2, -0.15) is 13.2 Å². The molecule has 0 radical (unpaired) electrons. The molecule has 0 saturated carbocycles. The maximum absolute atomic E-state index is 14.2. The molecule has 1 N–H and O–H groups in total. The van der Waals surface area contributed by atoms with Gasteiger partial charge in [-0.15, -0.1) is 0 Å². The van der Waals surface area contributed by atoms with E-state index >= 15 is 0 Å². The van der Waals surface area contributed by atoms with Crippen LogP contribution in [0.25, 0.3) is 17.2 Å². The van der Waals surface area contributed by atoms with Gasteiger partial charge < -0.3 is 5.11 Å². The van der Waals surface area contributed by atoms with Gasteiger partial charge in [0.15, 0.2) is 0 Å². The van der Waals surface area contributed by atoms with Crippen LogP contribution in [0.4, 0.5) is 22.0 Å². The van der Waals surface area contributed by atoms with E-state index in [1.807, 2.05) is 35.2 Å². The lowest BCUT2D eigenvalue weighted by atomic mass is 9.85. The van der Waals surface area contributed by atoms with Crippen molar-refractivity contribution in [3.8, 4) is 0 Å². The van der Waals surface area contributed by atoms with Crippen LogP contribution >= 0.6 is 0 Å². The molecule has 8 heteroatoms. The van der Waals surface area contributed by atoms with Gasteiger partial charge in [0.05, 0.1) is 11.1 Å². The molecule has 1 heterocycles. The molecule has 0 aromatic heterocycles. The van der Waals surface area contributed by atoms with Gasteiger partial charge in [0.1, 0.15) is 12.8 Å². The van der Waals surface area contributed by atoms with Crippen LogP contribution in [0.5, 0.6) is 0 Å². The maximum Gasteiger partial charge on any atom is 0.417 e. The minimum absolute atomic E-state index is 0.0611. The van der Waals surface area contributed by atoms with Crippen molar-refractivity contribution in [1.29, 1.82) is 0 Å². The van der Waals surface area contributed by atoms with E-state index in [1.54, 1.807) is 25.1 Å². The Morgan fingerprint density at radius 3 is 2.37 bits per heavy atom. The van der Waals surface area contributed by atoms with Gasteiger partial charge in [0.25, 0.3) is 0 Å². The Hall–Kier alpha value is -3.78. The summed E-state index contributed by atoms with van der Waals surface area (Å²) in [7, 11) is 0. The summed E-state index contributed by atoms with van der Waals surface area (Å²) < 4.78 is 68.5. The summed E-state index contributed by atoms with van der Waals surface area (Å²) in [6.07, 6.45) is -2.53. The molecule has 1 aliphatic heterocycles. The number of hydrogen-bond donors (Lipinski definition) is 1. The summed E-state index contributed by atoms with van der Waals surface area (Å²) in [6, 6.07) is 16.8. The summed E-state index contributed by atoms with van der Waals surface area (Å²) in [5, 5.41) is 9.54. The molecule has 1 atom stereocenters. The third kappa shape index (κ3) is 6.27. The zero-order chi connectivity index (χ0) is 29.3. The van der Waals surface area contributed by atoms with E-state index in [-0.39, 0.29) is 17.7 Å². The van der Waals surface area contributed by atoms with Crippen LogP contribution in [0.3, 0.4) is 0 Å². The summed E-state index contributed by atoms with van der Waals surface area (Å²) in [6.45, 7) is 1.82. The molecule has 5 rings (SSSR count). The van der Waals surface area contributed by atoms with Crippen LogP contribution in [0.2, 0.25) is 0 Å². The number of carboxylic acid groups (broad SMARTS) is 1. The maximum atomic E-state index is 14.2. The Kier molecular flexibility index (Phi) is 8.13. The molecule has 2 aliphatic rings. The molecule has 1 aliphatic carbocycles. The molecule has 1 unspecified atom stereocenters. The van der Waals surface area contributed by atoms with E-state index in [2.05, 4.69) is 0 Å². The largest absolute Gasteiger partial charge is 0.478 e. The highest BCUT2D eigenvalue weighted by Gasteiger charge is 2.35. The van der Waals surface area contributed by atoms with Crippen molar-refractivity contribution < 1.29 is 31.9 Å². The Morgan fingerprint density at radius 2 is 1.71 bits per heavy atom. The fourth-order valence-corrected chi connectivity index (χ4v) is 5.73. The summed E-state index contributed by atoms with van der Waals surface area (Å²) in [5.41, 5.74) is 5.58. The summed E-state index contributed by atoms with van der Waals surface area (Å²) in [5.74, 6) is -1.06. The third-order valence-corrected chi connectivity index (χ3v) is 7.65. The number of alkyl halides is 5. The monoisotopic (exact) mass is 567 g/mol. The first-order chi connectivity index (χ1) is 19.5. The van der Waals surface area contributed by atoms with Crippen LogP contribution in [-0.2, 0) is 12.6 Å². The lowest BCUT2D eigenvalue weighted by molar-refractivity contribution is -0.137. The Morgan fingerprint density at radius 1 is 1.00 bits per heavy atom. The molecule has 0 bridgehead atoms. The SMILES string of the molecule is Cc1ccc(C2=C(c3ccc(C=C4CN(CC(F)CF)C4)cc3)c3ccc(C(=O)O)cc3CCC2)c(C(F)(F)F)c1. The highest BCUT2D eigenvalue weighted by atomic mass is 19.4. The van der Waals surface area contributed by atoms with Gasteiger partial charge in [0.2, 0.25) is 0 Å². The van der Waals surface area contributed by atoms with Gasteiger partial charge >= 0.3 is 12.1 Å². The second kappa shape index (κ2) is 11.6. The highest BCUT2D eigenvalue weighted by Crippen LogP contribution is 2.44. The molecular formula is C33H30F5NO2. The Balaban J connectivity index is 1.59. The number of likely N-dealkylation sites (tertiary alicyclic amines) is 1. The highest BCUT2D eigenvalue weighted by molar-refractivity contribution is 6.01. The number of hydrogen-bond acceptors (Lipinski definition) is 2. The molecule has 0 amide bonds. The fourth-order valence-electron chi connectivity index (χ4n) is 5.73. The van der Waals surface area contributed by atoms with Crippen molar-refractivity contribution in [2.24, 2.45) is 0 Å². The van der Waals surface area contributed by atoms with Gasteiger partial charge in [-0.3, -0.25) is 4.90 Å².